The van der Waals surface area contributed by atoms with Crippen molar-refractivity contribution in [3.63, 3.8) is 0 Å². The molecule has 0 radical (unpaired) electrons. The highest BCUT2D eigenvalue weighted by Gasteiger charge is 2.10. The van der Waals surface area contributed by atoms with Crippen molar-refractivity contribution in [2.75, 3.05) is 13.2 Å². The molecule has 0 aliphatic heterocycles. The van der Waals surface area contributed by atoms with E-state index in [1.165, 1.54) is 16.3 Å². The average molecular weight is 358 g/mol. The molecule has 0 amide bonds. The summed E-state index contributed by atoms with van der Waals surface area (Å²) in [5, 5.41) is 11.6. The molecule has 0 saturated carbocycles. The monoisotopic (exact) mass is 358 g/mol. The Hall–Kier alpha value is -3.16. The van der Waals surface area contributed by atoms with Crippen LogP contribution in [0.5, 0.6) is 0 Å². The van der Waals surface area contributed by atoms with Gasteiger partial charge in [0.25, 0.3) is 0 Å². The third kappa shape index (κ3) is 4.93. The van der Waals surface area contributed by atoms with Crippen LogP contribution >= 0.6 is 0 Å². The largest absolute Gasteiger partial charge is 0.462 e. The van der Waals surface area contributed by atoms with Gasteiger partial charge in [-0.2, -0.15) is 5.26 Å². The molecule has 4 nitrogen and oxygen atoms in total. The summed E-state index contributed by atoms with van der Waals surface area (Å²) in [5.41, 5.74) is 2.77. The number of nitrogens with zero attached hydrogens (tertiary/aromatic N) is 2. The number of benzene rings is 3. The Bertz CT molecular complexity index is 958. The molecule has 3 aromatic carbocycles. The number of carbonyl (C=O) groups excluding carboxylic acids is 1. The summed E-state index contributed by atoms with van der Waals surface area (Å²) in [6, 6.07) is 24.3. The van der Waals surface area contributed by atoms with Crippen LogP contribution in [0.25, 0.3) is 10.8 Å². The Morgan fingerprint density at radius 3 is 2.33 bits per heavy atom. The Balaban J connectivity index is 1.71. The smallest absolute Gasteiger partial charge is 0.338 e. The molecule has 0 atom stereocenters. The second-order valence-electron chi connectivity index (χ2n) is 6.40. The maximum atomic E-state index is 11.8. The molecule has 0 unspecified atom stereocenters. The van der Waals surface area contributed by atoms with Crippen molar-refractivity contribution in [1.29, 1.82) is 5.26 Å². The zero-order chi connectivity index (χ0) is 19.1. The second kappa shape index (κ2) is 8.98. The van der Waals surface area contributed by atoms with Gasteiger partial charge < -0.3 is 4.74 Å². The van der Waals surface area contributed by atoms with E-state index >= 15 is 0 Å². The SMILES string of the molecule is CCOC(=O)c1ccc(CN(CC#N)Cc2ccc3ccccc3c2)cc1. The van der Waals surface area contributed by atoms with Gasteiger partial charge >= 0.3 is 5.97 Å². The molecule has 0 aliphatic rings. The molecule has 27 heavy (non-hydrogen) atoms. The molecule has 136 valence electrons. The van der Waals surface area contributed by atoms with Gasteiger partial charge in [-0.15, -0.1) is 0 Å². The van der Waals surface area contributed by atoms with Gasteiger partial charge in [-0.1, -0.05) is 48.5 Å². The molecule has 0 saturated heterocycles. The van der Waals surface area contributed by atoms with Gasteiger partial charge in [-0.25, -0.2) is 4.79 Å². The first kappa shape index (κ1) is 18.6. The minimum absolute atomic E-state index is 0.311. The van der Waals surface area contributed by atoms with Crippen LogP contribution in [0.3, 0.4) is 0 Å². The standard InChI is InChI=1S/C23H22N2O2/c1-2-27-23(26)21-11-7-18(8-12-21)16-25(14-13-24)17-19-9-10-20-5-3-4-6-22(20)15-19/h3-12,15H,2,14,16-17H2,1H3. The summed E-state index contributed by atoms with van der Waals surface area (Å²) >= 11 is 0. The van der Waals surface area contributed by atoms with E-state index in [-0.39, 0.29) is 5.97 Å². The van der Waals surface area contributed by atoms with Crippen molar-refractivity contribution in [2.45, 2.75) is 20.0 Å². The van der Waals surface area contributed by atoms with Crippen molar-refractivity contribution in [2.24, 2.45) is 0 Å². The summed E-state index contributed by atoms with van der Waals surface area (Å²) in [4.78, 5) is 13.8. The predicted molar refractivity (Wildman–Crippen MR) is 106 cm³/mol. The fraction of sp³-hybridized carbons (Fsp3) is 0.217. The molecule has 0 spiro atoms. The fourth-order valence-electron chi connectivity index (χ4n) is 3.08. The number of fused-ring (bicyclic) bond motifs is 1. The minimum atomic E-state index is -0.311. The predicted octanol–water partition coefficient (Wildman–Crippen LogP) is 4.54. The van der Waals surface area contributed by atoms with E-state index < -0.39 is 0 Å². The molecule has 0 heterocycles. The average Bonchev–Trinajstić information content (AvgIpc) is 2.69. The van der Waals surface area contributed by atoms with Gasteiger partial charge in [-0.3, -0.25) is 4.90 Å². The number of carbonyl (C=O) groups is 1. The van der Waals surface area contributed by atoms with Crippen LogP contribution < -0.4 is 0 Å². The number of hydrogen-bond donors (Lipinski definition) is 0. The summed E-state index contributed by atoms with van der Waals surface area (Å²) in [5.74, 6) is -0.311. The Morgan fingerprint density at radius 1 is 0.963 bits per heavy atom. The molecular weight excluding hydrogens is 336 g/mol. The zero-order valence-corrected chi connectivity index (χ0v) is 15.4. The highest BCUT2D eigenvalue weighted by atomic mass is 16.5. The minimum Gasteiger partial charge on any atom is -0.462 e. The van der Waals surface area contributed by atoms with Gasteiger partial charge in [0.15, 0.2) is 0 Å². The van der Waals surface area contributed by atoms with Crippen molar-refractivity contribution in [1.82, 2.24) is 4.90 Å². The second-order valence-corrected chi connectivity index (χ2v) is 6.40. The van der Waals surface area contributed by atoms with Gasteiger partial charge in [0.1, 0.15) is 0 Å². The lowest BCUT2D eigenvalue weighted by Gasteiger charge is -2.19. The molecule has 3 aromatic rings. The molecular formula is C23H22N2O2. The van der Waals surface area contributed by atoms with Crippen molar-refractivity contribution < 1.29 is 9.53 Å². The lowest BCUT2D eigenvalue weighted by atomic mass is 10.1. The summed E-state index contributed by atoms with van der Waals surface area (Å²) in [6.07, 6.45) is 0. The molecule has 0 aromatic heterocycles. The third-order valence-corrected chi connectivity index (χ3v) is 4.39. The van der Waals surface area contributed by atoms with E-state index in [9.17, 15) is 10.1 Å². The number of hydrogen-bond acceptors (Lipinski definition) is 4. The van der Waals surface area contributed by atoms with E-state index in [4.69, 9.17) is 4.74 Å². The maximum Gasteiger partial charge on any atom is 0.338 e. The van der Waals surface area contributed by atoms with Crippen molar-refractivity contribution >= 4 is 16.7 Å². The van der Waals surface area contributed by atoms with Crippen LogP contribution in [-0.4, -0.2) is 24.0 Å². The highest BCUT2D eigenvalue weighted by Crippen LogP contribution is 2.18. The van der Waals surface area contributed by atoms with E-state index in [2.05, 4.69) is 41.3 Å². The fourth-order valence-corrected chi connectivity index (χ4v) is 3.08. The number of esters is 1. The van der Waals surface area contributed by atoms with Crippen molar-refractivity contribution in [3.05, 3.63) is 83.4 Å². The van der Waals surface area contributed by atoms with Crippen LogP contribution in [0.15, 0.2) is 66.7 Å². The van der Waals surface area contributed by atoms with Gasteiger partial charge in [-0.05, 0) is 47.0 Å². The van der Waals surface area contributed by atoms with E-state index in [0.717, 1.165) is 5.56 Å². The number of nitriles is 1. The van der Waals surface area contributed by atoms with E-state index in [0.29, 0.717) is 31.8 Å². The lowest BCUT2D eigenvalue weighted by Crippen LogP contribution is -2.23. The van der Waals surface area contributed by atoms with Gasteiger partial charge in [0, 0.05) is 13.1 Å². The van der Waals surface area contributed by atoms with Crippen molar-refractivity contribution in [3.8, 4) is 6.07 Å². The van der Waals surface area contributed by atoms with Crippen LogP contribution in [0, 0.1) is 11.3 Å². The van der Waals surface area contributed by atoms with Crippen LogP contribution in [0.1, 0.15) is 28.4 Å². The van der Waals surface area contributed by atoms with E-state index in [1.54, 1.807) is 19.1 Å². The Kier molecular flexibility index (Phi) is 6.19. The molecule has 0 aliphatic carbocycles. The first-order valence-corrected chi connectivity index (χ1v) is 9.02. The normalized spacial score (nSPS) is 10.7. The summed E-state index contributed by atoms with van der Waals surface area (Å²) < 4.78 is 5.01. The Labute approximate surface area is 159 Å². The van der Waals surface area contributed by atoms with Crippen LogP contribution in [0.2, 0.25) is 0 Å². The Morgan fingerprint density at radius 2 is 1.63 bits per heavy atom. The first-order chi connectivity index (χ1) is 13.2. The molecule has 0 N–H and O–H groups in total. The molecule has 0 bridgehead atoms. The number of rotatable bonds is 7. The summed E-state index contributed by atoms with van der Waals surface area (Å²) in [7, 11) is 0. The maximum absolute atomic E-state index is 11.8. The lowest BCUT2D eigenvalue weighted by molar-refractivity contribution is 0.0526. The van der Waals surface area contributed by atoms with Gasteiger partial charge in [0.05, 0.1) is 24.8 Å². The topological polar surface area (TPSA) is 53.3 Å². The zero-order valence-electron chi connectivity index (χ0n) is 15.4. The van der Waals surface area contributed by atoms with Gasteiger partial charge in [0.2, 0.25) is 0 Å². The van der Waals surface area contributed by atoms with E-state index in [1.807, 2.05) is 24.3 Å². The molecule has 0 fully saturated rings. The highest BCUT2D eigenvalue weighted by molar-refractivity contribution is 5.89. The molecule has 3 rings (SSSR count). The third-order valence-electron chi connectivity index (χ3n) is 4.39. The summed E-state index contributed by atoms with van der Waals surface area (Å²) in [6.45, 7) is 3.83. The van der Waals surface area contributed by atoms with Crippen LogP contribution in [-0.2, 0) is 17.8 Å². The molecule has 4 heteroatoms. The van der Waals surface area contributed by atoms with Crippen LogP contribution in [0.4, 0.5) is 0 Å². The number of ether oxygens (including phenoxy) is 1. The first-order valence-electron chi connectivity index (χ1n) is 9.02. The quantitative estimate of drug-likeness (QED) is 0.459.